The number of rotatable bonds is 4. The molecule has 0 aromatic heterocycles. The van der Waals surface area contributed by atoms with Crippen molar-refractivity contribution in [2.45, 2.75) is 6.42 Å². The molecule has 0 amide bonds. The summed E-state index contributed by atoms with van der Waals surface area (Å²) in [5, 5.41) is 8.92. The molecule has 0 bridgehead atoms. The number of nitrogens with two attached hydrogens (primary N) is 1. The Balaban J connectivity index is 2.11. The number of anilines is 2. The lowest BCUT2D eigenvalue weighted by atomic mass is 10.1. The second-order valence-electron chi connectivity index (χ2n) is 4.65. The minimum atomic E-state index is -0.195. The number of hydrogen-bond donors (Lipinski definition) is 1. The number of nitrogen functional groups attached to an aromatic ring is 1. The highest BCUT2D eigenvalue weighted by atomic mass is 19.1. The minimum absolute atomic E-state index is 0.195. The van der Waals surface area contributed by atoms with E-state index in [1.54, 1.807) is 30.3 Å². The van der Waals surface area contributed by atoms with Crippen LogP contribution < -0.4 is 10.6 Å². The van der Waals surface area contributed by atoms with E-state index in [1.807, 2.05) is 18.0 Å². The second kappa shape index (κ2) is 6.07. The summed E-state index contributed by atoms with van der Waals surface area (Å²) in [6.07, 6.45) is 0.583. The maximum atomic E-state index is 13.6. The molecule has 0 aliphatic carbocycles. The van der Waals surface area contributed by atoms with Gasteiger partial charge in [0.1, 0.15) is 5.82 Å². The van der Waals surface area contributed by atoms with Gasteiger partial charge in [0.2, 0.25) is 0 Å². The van der Waals surface area contributed by atoms with Gasteiger partial charge in [-0.15, -0.1) is 0 Å². The first-order chi connectivity index (χ1) is 9.61. The highest BCUT2D eigenvalue weighted by Crippen LogP contribution is 2.23. The molecular formula is C16H16FN3. The van der Waals surface area contributed by atoms with E-state index < -0.39 is 0 Å². The van der Waals surface area contributed by atoms with Crippen LogP contribution in [0.25, 0.3) is 0 Å². The SMILES string of the molecule is CN(CCc1ccccc1F)c1cc(C#N)ccc1N. The average Bonchev–Trinajstić information content (AvgIpc) is 2.46. The fourth-order valence-corrected chi connectivity index (χ4v) is 2.05. The Morgan fingerprint density at radius 1 is 1.25 bits per heavy atom. The van der Waals surface area contributed by atoms with E-state index in [2.05, 4.69) is 6.07 Å². The van der Waals surface area contributed by atoms with Crippen molar-refractivity contribution in [3.8, 4) is 6.07 Å². The number of halogens is 1. The lowest BCUT2D eigenvalue weighted by molar-refractivity contribution is 0.608. The van der Waals surface area contributed by atoms with Crippen molar-refractivity contribution in [3.05, 3.63) is 59.4 Å². The quantitative estimate of drug-likeness (QED) is 0.868. The minimum Gasteiger partial charge on any atom is -0.397 e. The lowest BCUT2D eigenvalue weighted by Gasteiger charge is -2.21. The van der Waals surface area contributed by atoms with Crippen molar-refractivity contribution in [2.24, 2.45) is 0 Å². The first-order valence-electron chi connectivity index (χ1n) is 6.36. The Hall–Kier alpha value is -2.54. The summed E-state index contributed by atoms with van der Waals surface area (Å²) < 4.78 is 13.6. The summed E-state index contributed by atoms with van der Waals surface area (Å²) in [5.41, 5.74) is 8.56. The van der Waals surface area contributed by atoms with E-state index in [0.29, 0.717) is 29.8 Å². The smallest absolute Gasteiger partial charge is 0.126 e. The van der Waals surface area contributed by atoms with Gasteiger partial charge in [-0.3, -0.25) is 0 Å². The summed E-state index contributed by atoms with van der Waals surface area (Å²) in [6, 6.07) is 14.0. The van der Waals surface area contributed by atoms with Gasteiger partial charge < -0.3 is 10.6 Å². The van der Waals surface area contributed by atoms with E-state index in [4.69, 9.17) is 11.0 Å². The van der Waals surface area contributed by atoms with Crippen LogP contribution in [0.4, 0.5) is 15.8 Å². The van der Waals surface area contributed by atoms with E-state index in [0.717, 1.165) is 5.69 Å². The number of nitrogens with zero attached hydrogens (tertiary/aromatic N) is 2. The van der Waals surface area contributed by atoms with Crippen LogP contribution in [-0.4, -0.2) is 13.6 Å². The summed E-state index contributed by atoms with van der Waals surface area (Å²) >= 11 is 0. The van der Waals surface area contributed by atoms with Crippen molar-refractivity contribution in [1.82, 2.24) is 0 Å². The fraction of sp³-hybridized carbons (Fsp3) is 0.188. The van der Waals surface area contributed by atoms with Crippen molar-refractivity contribution in [1.29, 1.82) is 5.26 Å². The maximum absolute atomic E-state index is 13.6. The first kappa shape index (κ1) is 13.9. The first-order valence-corrected chi connectivity index (χ1v) is 6.36. The molecule has 0 saturated heterocycles. The third-order valence-corrected chi connectivity index (χ3v) is 3.25. The highest BCUT2D eigenvalue weighted by molar-refractivity contribution is 5.69. The number of benzene rings is 2. The Morgan fingerprint density at radius 2 is 2.00 bits per heavy atom. The van der Waals surface area contributed by atoms with Crippen LogP contribution in [0.2, 0.25) is 0 Å². The van der Waals surface area contributed by atoms with Crippen molar-refractivity contribution < 1.29 is 4.39 Å². The molecular weight excluding hydrogens is 253 g/mol. The van der Waals surface area contributed by atoms with E-state index in [9.17, 15) is 4.39 Å². The van der Waals surface area contributed by atoms with Gasteiger partial charge in [-0.2, -0.15) is 5.26 Å². The predicted molar refractivity (Wildman–Crippen MR) is 78.9 cm³/mol. The average molecular weight is 269 g/mol. The monoisotopic (exact) mass is 269 g/mol. The zero-order chi connectivity index (χ0) is 14.5. The third-order valence-electron chi connectivity index (χ3n) is 3.25. The van der Waals surface area contributed by atoms with Gasteiger partial charge in [-0.25, -0.2) is 4.39 Å². The zero-order valence-corrected chi connectivity index (χ0v) is 11.3. The van der Waals surface area contributed by atoms with Gasteiger partial charge in [-0.1, -0.05) is 18.2 Å². The standard InChI is InChI=1S/C16H16FN3/c1-20(9-8-13-4-2-3-5-14(13)17)16-10-12(11-18)6-7-15(16)19/h2-7,10H,8-9,19H2,1H3. The molecule has 2 aromatic rings. The van der Waals surface area contributed by atoms with E-state index in [1.165, 1.54) is 6.07 Å². The summed E-state index contributed by atoms with van der Waals surface area (Å²) in [7, 11) is 1.88. The number of nitriles is 1. The molecule has 20 heavy (non-hydrogen) atoms. The largest absolute Gasteiger partial charge is 0.397 e. The molecule has 0 spiro atoms. The molecule has 4 heteroatoms. The number of likely N-dealkylation sites (N-methyl/N-ethyl adjacent to an activating group) is 1. The zero-order valence-electron chi connectivity index (χ0n) is 11.3. The molecule has 2 rings (SSSR count). The Bertz CT molecular complexity index is 646. The molecule has 2 N–H and O–H groups in total. The van der Waals surface area contributed by atoms with Crippen molar-refractivity contribution >= 4 is 11.4 Å². The molecule has 0 saturated carbocycles. The summed E-state index contributed by atoms with van der Waals surface area (Å²) in [5.74, 6) is -0.195. The molecule has 0 aliphatic heterocycles. The predicted octanol–water partition coefficient (Wildman–Crippen LogP) is 2.96. The molecule has 0 atom stereocenters. The molecule has 3 nitrogen and oxygen atoms in total. The molecule has 2 aromatic carbocycles. The Labute approximate surface area is 118 Å². The van der Waals surface area contributed by atoms with E-state index >= 15 is 0 Å². The van der Waals surface area contributed by atoms with Gasteiger partial charge in [0.25, 0.3) is 0 Å². The molecule has 0 heterocycles. The van der Waals surface area contributed by atoms with Crippen LogP contribution in [0.5, 0.6) is 0 Å². The van der Waals surface area contributed by atoms with Gasteiger partial charge in [0, 0.05) is 13.6 Å². The van der Waals surface area contributed by atoms with Crippen LogP contribution in [-0.2, 0) is 6.42 Å². The molecule has 102 valence electrons. The molecule has 0 fully saturated rings. The summed E-state index contributed by atoms with van der Waals surface area (Å²) in [6.45, 7) is 0.625. The van der Waals surface area contributed by atoms with Crippen molar-refractivity contribution in [2.75, 3.05) is 24.2 Å². The van der Waals surface area contributed by atoms with Gasteiger partial charge in [0.05, 0.1) is 23.0 Å². The fourth-order valence-electron chi connectivity index (χ4n) is 2.05. The van der Waals surface area contributed by atoms with Gasteiger partial charge >= 0.3 is 0 Å². The Morgan fingerprint density at radius 3 is 2.70 bits per heavy atom. The molecule has 0 aliphatic rings. The number of hydrogen-bond acceptors (Lipinski definition) is 3. The molecule has 0 radical (unpaired) electrons. The van der Waals surface area contributed by atoms with Crippen molar-refractivity contribution in [3.63, 3.8) is 0 Å². The van der Waals surface area contributed by atoms with Gasteiger partial charge in [-0.05, 0) is 36.2 Å². The topological polar surface area (TPSA) is 53.0 Å². The summed E-state index contributed by atoms with van der Waals surface area (Å²) in [4.78, 5) is 1.93. The van der Waals surface area contributed by atoms with Crippen LogP contribution in [0.3, 0.4) is 0 Å². The highest BCUT2D eigenvalue weighted by Gasteiger charge is 2.08. The van der Waals surface area contributed by atoms with E-state index in [-0.39, 0.29) is 5.82 Å². The lowest BCUT2D eigenvalue weighted by Crippen LogP contribution is -2.21. The normalized spacial score (nSPS) is 10.1. The Kier molecular flexibility index (Phi) is 4.21. The van der Waals surface area contributed by atoms with Gasteiger partial charge in [0.15, 0.2) is 0 Å². The van der Waals surface area contributed by atoms with Crippen LogP contribution >= 0.6 is 0 Å². The van der Waals surface area contributed by atoms with Crippen LogP contribution in [0, 0.1) is 17.1 Å². The second-order valence-corrected chi connectivity index (χ2v) is 4.65. The maximum Gasteiger partial charge on any atom is 0.126 e. The van der Waals surface area contributed by atoms with Crippen LogP contribution in [0.15, 0.2) is 42.5 Å². The molecule has 0 unspecified atom stereocenters. The third kappa shape index (κ3) is 3.07. The van der Waals surface area contributed by atoms with Crippen LogP contribution in [0.1, 0.15) is 11.1 Å².